The molecule has 1 aromatic heterocycles. The third kappa shape index (κ3) is 3.10. The standard InChI is InChI=1S/C10H20N6O/c1-15(2)9-7(11)8(12-5-6-17)13-10(14-9)16(3)4/h17H,5-6,11H2,1-4H3,(H,12,13,14). The molecule has 4 N–H and O–H groups in total. The minimum atomic E-state index is 0.0258. The van der Waals surface area contributed by atoms with Crippen LogP contribution >= 0.6 is 0 Å². The number of rotatable bonds is 5. The summed E-state index contributed by atoms with van der Waals surface area (Å²) in [6.07, 6.45) is 0. The highest BCUT2D eigenvalue weighted by molar-refractivity contribution is 5.76. The van der Waals surface area contributed by atoms with Gasteiger partial charge in [-0.2, -0.15) is 9.97 Å². The second-order valence-electron chi connectivity index (χ2n) is 4.05. The van der Waals surface area contributed by atoms with Gasteiger partial charge in [-0.3, -0.25) is 0 Å². The Morgan fingerprint density at radius 3 is 2.29 bits per heavy atom. The van der Waals surface area contributed by atoms with E-state index in [1.165, 1.54) is 0 Å². The van der Waals surface area contributed by atoms with Crippen LogP contribution in [0.15, 0.2) is 0 Å². The first kappa shape index (κ1) is 13.3. The van der Waals surface area contributed by atoms with Crippen molar-refractivity contribution in [3.63, 3.8) is 0 Å². The minimum absolute atomic E-state index is 0.0258. The molecule has 96 valence electrons. The number of nitrogens with zero attached hydrogens (tertiary/aromatic N) is 4. The molecule has 0 radical (unpaired) electrons. The predicted molar refractivity (Wildman–Crippen MR) is 70.7 cm³/mol. The molecule has 0 unspecified atom stereocenters. The number of aliphatic hydroxyl groups is 1. The molecule has 7 nitrogen and oxygen atoms in total. The lowest BCUT2D eigenvalue weighted by molar-refractivity contribution is 0.311. The third-order valence-electron chi connectivity index (χ3n) is 2.14. The SMILES string of the molecule is CN(C)c1nc(NCCO)c(N)c(N(C)C)n1. The van der Waals surface area contributed by atoms with Crippen LogP contribution in [0.4, 0.5) is 23.3 Å². The number of hydrogen-bond donors (Lipinski definition) is 3. The second-order valence-corrected chi connectivity index (χ2v) is 4.05. The Hall–Kier alpha value is -1.76. The number of hydrogen-bond acceptors (Lipinski definition) is 7. The van der Waals surface area contributed by atoms with Crippen molar-refractivity contribution < 1.29 is 5.11 Å². The molecule has 1 heterocycles. The van der Waals surface area contributed by atoms with E-state index in [4.69, 9.17) is 10.8 Å². The molecule has 17 heavy (non-hydrogen) atoms. The van der Waals surface area contributed by atoms with Gasteiger partial charge in [-0.25, -0.2) is 0 Å². The molecule has 0 aliphatic heterocycles. The minimum Gasteiger partial charge on any atom is -0.395 e. The fourth-order valence-corrected chi connectivity index (χ4v) is 1.30. The highest BCUT2D eigenvalue weighted by atomic mass is 16.3. The van der Waals surface area contributed by atoms with Crippen molar-refractivity contribution >= 4 is 23.3 Å². The van der Waals surface area contributed by atoms with Crippen molar-refractivity contribution in [1.82, 2.24) is 9.97 Å². The van der Waals surface area contributed by atoms with Crippen LogP contribution in [0.1, 0.15) is 0 Å². The summed E-state index contributed by atoms with van der Waals surface area (Å²) in [6, 6.07) is 0. The smallest absolute Gasteiger partial charge is 0.228 e. The molecule has 0 atom stereocenters. The highest BCUT2D eigenvalue weighted by Gasteiger charge is 2.13. The summed E-state index contributed by atoms with van der Waals surface area (Å²) >= 11 is 0. The average molecular weight is 240 g/mol. The van der Waals surface area contributed by atoms with Crippen LogP contribution in [-0.4, -0.2) is 56.4 Å². The number of aliphatic hydroxyl groups excluding tert-OH is 1. The van der Waals surface area contributed by atoms with Gasteiger partial charge in [0.1, 0.15) is 5.69 Å². The summed E-state index contributed by atoms with van der Waals surface area (Å²) in [5.41, 5.74) is 6.45. The number of nitrogen functional groups attached to an aromatic ring is 1. The largest absolute Gasteiger partial charge is 0.395 e. The second kappa shape index (κ2) is 5.53. The van der Waals surface area contributed by atoms with E-state index in [0.29, 0.717) is 29.8 Å². The van der Waals surface area contributed by atoms with Gasteiger partial charge >= 0.3 is 0 Å². The lowest BCUT2D eigenvalue weighted by Gasteiger charge is -2.20. The topological polar surface area (TPSA) is 90.5 Å². The summed E-state index contributed by atoms with van der Waals surface area (Å²) in [5, 5.41) is 11.8. The molecule has 0 fully saturated rings. The van der Waals surface area contributed by atoms with E-state index in [1.54, 1.807) is 4.90 Å². The van der Waals surface area contributed by atoms with Gasteiger partial charge in [-0.05, 0) is 0 Å². The molecule has 0 amide bonds. The van der Waals surface area contributed by atoms with Gasteiger partial charge in [0.15, 0.2) is 11.6 Å². The van der Waals surface area contributed by atoms with E-state index in [9.17, 15) is 0 Å². The maximum atomic E-state index is 8.81. The molecular formula is C10H20N6O. The normalized spacial score (nSPS) is 10.2. The fraction of sp³-hybridized carbons (Fsp3) is 0.600. The van der Waals surface area contributed by atoms with Crippen molar-refractivity contribution in [1.29, 1.82) is 0 Å². The van der Waals surface area contributed by atoms with Gasteiger partial charge in [0.05, 0.1) is 6.61 Å². The van der Waals surface area contributed by atoms with Gasteiger partial charge in [0.25, 0.3) is 0 Å². The zero-order valence-electron chi connectivity index (χ0n) is 10.7. The van der Waals surface area contributed by atoms with E-state index >= 15 is 0 Å². The Kier molecular flexibility index (Phi) is 4.33. The van der Waals surface area contributed by atoms with Crippen molar-refractivity contribution in [2.24, 2.45) is 0 Å². The van der Waals surface area contributed by atoms with Crippen LogP contribution < -0.4 is 20.9 Å². The highest BCUT2D eigenvalue weighted by Crippen LogP contribution is 2.27. The number of aromatic nitrogens is 2. The maximum absolute atomic E-state index is 8.81. The predicted octanol–water partition coefficient (Wildman–Crippen LogP) is -0.405. The molecule has 7 heteroatoms. The van der Waals surface area contributed by atoms with Crippen molar-refractivity contribution in [2.75, 3.05) is 62.2 Å². The monoisotopic (exact) mass is 240 g/mol. The van der Waals surface area contributed by atoms with Crippen molar-refractivity contribution in [3.8, 4) is 0 Å². The van der Waals surface area contributed by atoms with E-state index in [-0.39, 0.29) is 6.61 Å². The molecule has 0 bridgehead atoms. The van der Waals surface area contributed by atoms with E-state index in [0.717, 1.165) is 0 Å². The van der Waals surface area contributed by atoms with Gasteiger partial charge in [0, 0.05) is 34.7 Å². The maximum Gasteiger partial charge on any atom is 0.228 e. The molecule has 1 aromatic rings. The first-order chi connectivity index (χ1) is 7.97. The van der Waals surface area contributed by atoms with Gasteiger partial charge < -0.3 is 26.0 Å². The van der Waals surface area contributed by atoms with Crippen LogP contribution in [-0.2, 0) is 0 Å². The summed E-state index contributed by atoms with van der Waals surface area (Å²) in [5.74, 6) is 1.77. The molecule has 0 aromatic carbocycles. The Bertz CT molecular complexity index is 379. The van der Waals surface area contributed by atoms with Crippen LogP contribution in [0.2, 0.25) is 0 Å². The zero-order valence-corrected chi connectivity index (χ0v) is 10.7. The van der Waals surface area contributed by atoms with Gasteiger partial charge in [-0.15, -0.1) is 0 Å². The fourth-order valence-electron chi connectivity index (χ4n) is 1.30. The number of nitrogens with one attached hydrogen (secondary N) is 1. The Morgan fingerprint density at radius 1 is 1.18 bits per heavy atom. The van der Waals surface area contributed by atoms with E-state index in [1.807, 2.05) is 33.1 Å². The first-order valence-corrected chi connectivity index (χ1v) is 5.34. The van der Waals surface area contributed by atoms with Crippen molar-refractivity contribution in [2.45, 2.75) is 0 Å². The van der Waals surface area contributed by atoms with E-state index < -0.39 is 0 Å². The molecule has 1 rings (SSSR count). The summed E-state index contributed by atoms with van der Waals surface area (Å²) in [4.78, 5) is 12.3. The quantitative estimate of drug-likeness (QED) is 0.645. The Labute approximate surface area is 101 Å². The molecule has 0 aliphatic carbocycles. The number of anilines is 4. The molecule has 0 saturated heterocycles. The lowest BCUT2D eigenvalue weighted by Crippen LogP contribution is -2.21. The Balaban J connectivity index is 3.18. The molecular weight excluding hydrogens is 220 g/mol. The van der Waals surface area contributed by atoms with Crippen LogP contribution in [0.25, 0.3) is 0 Å². The van der Waals surface area contributed by atoms with E-state index in [2.05, 4.69) is 15.3 Å². The van der Waals surface area contributed by atoms with Gasteiger partial charge in [0.2, 0.25) is 5.95 Å². The summed E-state index contributed by atoms with van der Waals surface area (Å²) < 4.78 is 0. The van der Waals surface area contributed by atoms with Crippen molar-refractivity contribution in [3.05, 3.63) is 0 Å². The Morgan fingerprint density at radius 2 is 1.82 bits per heavy atom. The third-order valence-corrected chi connectivity index (χ3v) is 2.14. The number of nitrogens with two attached hydrogens (primary N) is 1. The summed E-state index contributed by atoms with van der Waals surface area (Å²) in [6.45, 7) is 0.430. The first-order valence-electron chi connectivity index (χ1n) is 5.34. The van der Waals surface area contributed by atoms with Crippen LogP contribution in [0.3, 0.4) is 0 Å². The average Bonchev–Trinajstić information content (AvgIpc) is 2.26. The lowest BCUT2D eigenvalue weighted by atomic mass is 10.4. The molecule has 0 saturated carbocycles. The summed E-state index contributed by atoms with van der Waals surface area (Å²) in [7, 11) is 7.46. The molecule has 0 spiro atoms. The van der Waals surface area contributed by atoms with Crippen LogP contribution in [0, 0.1) is 0 Å². The zero-order chi connectivity index (χ0) is 13.0. The van der Waals surface area contributed by atoms with Gasteiger partial charge in [-0.1, -0.05) is 0 Å². The van der Waals surface area contributed by atoms with Crippen LogP contribution in [0.5, 0.6) is 0 Å². The molecule has 0 aliphatic rings.